The molecule has 0 radical (unpaired) electrons. The molecule has 0 spiro atoms. The lowest BCUT2D eigenvalue weighted by Gasteiger charge is -2.14. The van der Waals surface area contributed by atoms with Gasteiger partial charge in [-0.25, -0.2) is 0 Å². The van der Waals surface area contributed by atoms with Crippen molar-refractivity contribution in [3.05, 3.63) is 35.7 Å². The Kier molecular flexibility index (Phi) is 7.43. The van der Waals surface area contributed by atoms with Gasteiger partial charge in [0.1, 0.15) is 11.5 Å². The average molecular weight is 389 g/mol. The molecule has 0 aliphatic heterocycles. The topological polar surface area (TPSA) is 91.7 Å². The second-order valence-corrected chi connectivity index (χ2v) is 6.42. The predicted molar refractivity (Wildman–Crippen MR) is 105 cm³/mol. The number of ether oxygens (including phenoxy) is 3. The van der Waals surface area contributed by atoms with Gasteiger partial charge in [-0.05, 0) is 51.5 Å². The predicted octanol–water partition coefficient (Wildman–Crippen LogP) is 2.77. The van der Waals surface area contributed by atoms with Gasteiger partial charge in [0.2, 0.25) is 0 Å². The van der Waals surface area contributed by atoms with Gasteiger partial charge in [0, 0.05) is 13.5 Å². The highest BCUT2D eigenvalue weighted by Gasteiger charge is 2.20. The Morgan fingerprint density at radius 2 is 1.82 bits per heavy atom. The van der Waals surface area contributed by atoms with Crippen LogP contribution in [0.2, 0.25) is 0 Å². The molecule has 1 amide bonds. The lowest BCUT2D eigenvalue weighted by molar-refractivity contribution is -0.153. The first-order valence-electron chi connectivity index (χ1n) is 9.09. The highest BCUT2D eigenvalue weighted by Crippen LogP contribution is 2.19. The van der Waals surface area contributed by atoms with Crippen LogP contribution >= 0.6 is 0 Å². The first kappa shape index (κ1) is 21.3. The number of amides is 1. The molecule has 0 saturated heterocycles. The number of aromatic nitrogens is 2. The van der Waals surface area contributed by atoms with Gasteiger partial charge in [0.15, 0.2) is 6.10 Å². The summed E-state index contributed by atoms with van der Waals surface area (Å²) in [5, 5.41) is 7.01. The summed E-state index contributed by atoms with van der Waals surface area (Å²) >= 11 is 0. The smallest absolute Gasteiger partial charge is 0.306 e. The molecular formula is C20H27N3O5. The van der Waals surface area contributed by atoms with Crippen molar-refractivity contribution in [2.24, 2.45) is 7.05 Å². The maximum absolute atomic E-state index is 12.3. The molecule has 8 nitrogen and oxygen atoms in total. The van der Waals surface area contributed by atoms with E-state index in [-0.39, 0.29) is 12.3 Å². The number of benzene rings is 1. The van der Waals surface area contributed by atoms with Gasteiger partial charge in [-0.1, -0.05) is 0 Å². The van der Waals surface area contributed by atoms with Gasteiger partial charge in [0.25, 0.3) is 5.91 Å². The zero-order chi connectivity index (χ0) is 20.7. The molecule has 152 valence electrons. The molecule has 0 bridgehead atoms. The number of esters is 1. The quantitative estimate of drug-likeness (QED) is 0.524. The summed E-state index contributed by atoms with van der Waals surface area (Å²) < 4.78 is 17.5. The van der Waals surface area contributed by atoms with Crippen LogP contribution in [-0.2, 0) is 21.4 Å². The summed E-state index contributed by atoms with van der Waals surface area (Å²) in [6.07, 6.45) is -0.243. The largest absolute Gasteiger partial charge is 0.497 e. The van der Waals surface area contributed by atoms with Gasteiger partial charge < -0.3 is 19.5 Å². The Morgan fingerprint density at radius 1 is 1.18 bits per heavy atom. The fourth-order valence-corrected chi connectivity index (χ4v) is 2.57. The molecule has 2 aromatic rings. The van der Waals surface area contributed by atoms with E-state index in [0.717, 1.165) is 11.4 Å². The molecule has 0 aliphatic rings. The van der Waals surface area contributed by atoms with E-state index in [1.54, 1.807) is 50.0 Å². The molecule has 1 atom stereocenters. The fraction of sp³-hybridized carbons (Fsp3) is 0.450. The summed E-state index contributed by atoms with van der Waals surface area (Å²) in [4.78, 5) is 24.2. The van der Waals surface area contributed by atoms with Gasteiger partial charge in [-0.3, -0.25) is 14.3 Å². The van der Waals surface area contributed by atoms with Crippen molar-refractivity contribution in [2.45, 2.75) is 39.7 Å². The van der Waals surface area contributed by atoms with Crippen molar-refractivity contribution in [1.82, 2.24) is 9.78 Å². The Morgan fingerprint density at radius 3 is 2.39 bits per heavy atom. The molecular weight excluding hydrogens is 362 g/mol. The summed E-state index contributed by atoms with van der Waals surface area (Å²) in [5.74, 6) is 0.617. The molecule has 1 aromatic heterocycles. The number of carbonyl (C=O) groups is 2. The minimum atomic E-state index is -0.894. The third-order valence-electron chi connectivity index (χ3n) is 4.29. The normalized spacial score (nSPS) is 11.6. The van der Waals surface area contributed by atoms with Gasteiger partial charge >= 0.3 is 5.97 Å². The van der Waals surface area contributed by atoms with Crippen LogP contribution in [0.5, 0.6) is 11.5 Å². The maximum atomic E-state index is 12.3. The monoisotopic (exact) mass is 389 g/mol. The zero-order valence-electron chi connectivity index (χ0n) is 16.9. The minimum absolute atomic E-state index is 0.165. The lowest BCUT2D eigenvalue weighted by atomic mass is 10.2. The van der Waals surface area contributed by atoms with Crippen LogP contribution in [0.1, 0.15) is 31.2 Å². The van der Waals surface area contributed by atoms with Gasteiger partial charge in [-0.2, -0.15) is 5.10 Å². The van der Waals surface area contributed by atoms with Crippen molar-refractivity contribution in [1.29, 1.82) is 0 Å². The first-order chi connectivity index (χ1) is 13.3. The van der Waals surface area contributed by atoms with Gasteiger partial charge in [-0.15, -0.1) is 0 Å². The second kappa shape index (κ2) is 9.77. The van der Waals surface area contributed by atoms with Crippen molar-refractivity contribution in [3.8, 4) is 11.5 Å². The Labute approximate surface area is 164 Å². The number of nitrogens with one attached hydrogen (secondary N) is 1. The molecule has 2 rings (SSSR count). The van der Waals surface area contributed by atoms with Crippen LogP contribution in [0.3, 0.4) is 0 Å². The molecule has 0 fully saturated rings. The lowest BCUT2D eigenvalue weighted by Crippen LogP contribution is -2.30. The van der Waals surface area contributed by atoms with E-state index in [9.17, 15) is 9.59 Å². The van der Waals surface area contributed by atoms with Crippen LogP contribution < -0.4 is 14.8 Å². The number of rotatable bonds is 9. The third kappa shape index (κ3) is 5.73. The number of nitrogens with zero attached hydrogens (tertiary/aromatic N) is 2. The van der Waals surface area contributed by atoms with Crippen molar-refractivity contribution >= 4 is 17.6 Å². The van der Waals surface area contributed by atoms with Crippen LogP contribution in [0.25, 0.3) is 0 Å². The van der Waals surface area contributed by atoms with Crippen LogP contribution in [0.4, 0.5) is 5.69 Å². The molecule has 28 heavy (non-hydrogen) atoms. The number of hydrogen-bond acceptors (Lipinski definition) is 6. The molecule has 0 aliphatic carbocycles. The van der Waals surface area contributed by atoms with E-state index >= 15 is 0 Å². The van der Waals surface area contributed by atoms with E-state index < -0.39 is 12.1 Å². The zero-order valence-corrected chi connectivity index (χ0v) is 16.9. The molecule has 1 N–H and O–H groups in total. The summed E-state index contributed by atoms with van der Waals surface area (Å²) in [7, 11) is 3.40. The minimum Gasteiger partial charge on any atom is -0.497 e. The van der Waals surface area contributed by atoms with Crippen molar-refractivity contribution in [3.63, 3.8) is 0 Å². The first-order valence-corrected chi connectivity index (χ1v) is 9.09. The molecule has 8 heteroatoms. The SMILES string of the molecule is COc1ccc(OCCCC(=O)O[C@@H](C)C(=O)Nc2c(C)nn(C)c2C)cc1. The van der Waals surface area contributed by atoms with Crippen LogP contribution in [-0.4, -0.2) is 41.5 Å². The number of anilines is 1. The molecule has 1 heterocycles. The molecule has 0 saturated carbocycles. The van der Waals surface area contributed by atoms with Gasteiger partial charge in [0.05, 0.1) is 30.8 Å². The fourth-order valence-electron chi connectivity index (χ4n) is 2.57. The van der Waals surface area contributed by atoms with E-state index in [4.69, 9.17) is 14.2 Å². The van der Waals surface area contributed by atoms with E-state index in [1.165, 1.54) is 0 Å². The van der Waals surface area contributed by atoms with E-state index in [2.05, 4.69) is 10.4 Å². The molecule has 0 unspecified atom stereocenters. The van der Waals surface area contributed by atoms with Crippen LogP contribution in [0.15, 0.2) is 24.3 Å². The number of aryl methyl sites for hydroxylation is 2. The van der Waals surface area contributed by atoms with Crippen molar-refractivity contribution < 1.29 is 23.8 Å². The third-order valence-corrected chi connectivity index (χ3v) is 4.29. The highest BCUT2D eigenvalue weighted by molar-refractivity contribution is 5.96. The average Bonchev–Trinajstić information content (AvgIpc) is 2.91. The number of methoxy groups -OCH3 is 1. The van der Waals surface area contributed by atoms with Crippen LogP contribution in [0, 0.1) is 13.8 Å². The molecule has 1 aromatic carbocycles. The van der Waals surface area contributed by atoms with E-state index in [0.29, 0.717) is 30.2 Å². The summed E-state index contributed by atoms with van der Waals surface area (Å²) in [6, 6.07) is 7.20. The second-order valence-electron chi connectivity index (χ2n) is 6.42. The Bertz CT molecular complexity index is 814. The number of carbonyl (C=O) groups excluding carboxylic acids is 2. The standard InChI is InChI=1S/C20H27N3O5/c1-13-19(14(2)23(4)22-13)21-20(25)15(3)28-18(24)7-6-12-27-17-10-8-16(26-5)9-11-17/h8-11,15H,6-7,12H2,1-5H3,(H,21,25)/t15-/m0/s1. The highest BCUT2D eigenvalue weighted by atomic mass is 16.5. The van der Waals surface area contributed by atoms with Crippen molar-refractivity contribution in [2.75, 3.05) is 19.0 Å². The summed E-state index contributed by atoms with van der Waals surface area (Å²) in [5.41, 5.74) is 2.19. The number of hydrogen-bond donors (Lipinski definition) is 1. The Hall–Kier alpha value is -3.03. The maximum Gasteiger partial charge on any atom is 0.306 e. The Balaban J connectivity index is 1.71. The summed E-state index contributed by atoms with van der Waals surface area (Å²) in [6.45, 7) is 5.58. The van der Waals surface area contributed by atoms with E-state index in [1.807, 2.05) is 13.8 Å².